The van der Waals surface area contributed by atoms with Crippen LogP contribution in [0.2, 0.25) is 0 Å². The molecule has 1 aromatic carbocycles. The molecule has 0 spiro atoms. The molecule has 1 amide bonds. The highest BCUT2D eigenvalue weighted by molar-refractivity contribution is 5.90. The van der Waals surface area contributed by atoms with Gasteiger partial charge in [0.05, 0.1) is 6.10 Å². The number of carbonyl (C=O) groups excluding carboxylic acids is 1. The number of carbonyl (C=O) groups is 1. The Hall–Kier alpha value is -1.35. The molecule has 0 heterocycles. The van der Waals surface area contributed by atoms with Crippen molar-refractivity contribution in [2.75, 3.05) is 5.32 Å². The summed E-state index contributed by atoms with van der Waals surface area (Å²) in [6.07, 6.45) is 0.00366. The van der Waals surface area contributed by atoms with Crippen LogP contribution in [0.4, 0.5) is 5.69 Å². The fourth-order valence-electron chi connectivity index (χ4n) is 1.09. The molecule has 0 aromatic heterocycles. The molecular weight excluding hydrogens is 178 g/mol. The second-order valence-corrected chi connectivity index (χ2v) is 3.20. The van der Waals surface area contributed by atoms with Crippen molar-refractivity contribution < 1.29 is 9.90 Å². The van der Waals surface area contributed by atoms with Crippen molar-refractivity contribution in [3.05, 3.63) is 29.8 Å². The fourth-order valence-corrected chi connectivity index (χ4v) is 1.09. The zero-order valence-corrected chi connectivity index (χ0v) is 8.45. The summed E-state index contributed by atoms with van der Waals surface area (Å²) in [7, 11) is 0. The van der Waals surface area contributed by atoms with Gasteiger partial charge in [-0.1, -0.05) is 19.1 Å². The largest absolute Gasteiger partial charge is 0.389 e. The number of aliphatic hydroxyl groups excluding tert-OH is 1. The van der Waals surface area contributed by atoms with Crippen molar-refractivity contribution in [3.8, 4) is 0 Å². The molecule has 2 N–H and O–H groups in total. The van der Waals surface area contributed by atoms with Gasteiger partial charge in [0, 0.05) is 12.1 Å². The predicted octanol–water partition coefficient (Wildman–Crippen LogP) is 2.09. The molecule has 1 rings (SSSR count). The lowest BCUT2D eigenvalue weighted by molar-refractivity contribution is -0.115. The van der Waals surface area contributed by atoms with Crippen molar-refractivity contribution in [1.82, 2.24) is 0 Å². The molecule has 0 radical (unpaired) electrons. The highest BCUT2D eigenvalue weighted by Gasteiger charge is 2.01. The molecule has 0 saturated heterocycles. The van der Waals surface area contributed by atoms with E-state index in [4.69, 9.17) is 0 Å². The van der Waals surface area contributed by atoms with E-state index in [1.807, 2.05) is 0 Å². The second kappa shape index (κ2) is 4.77. The standard InChI is InChI=1S/C11H15NO2/c1-3-11(14)12-10-6-4-9(5-7-10)8(2)13/h4-8,13H,3H2,1-2H3,(H,12,14)/t8-/m1/s1. The number of anilines is 1. The van der Waals surface area contributed by atoms with Crippen molar-refractivity contribution in [1.29, 1.82) is 0 Å². The maximum Gasteiger partial charge on any atom is 0.224 e. The van der Waals surface area contributed by atoms with Crippen molar-refractivity contribution in [3.63, 3.8) is 0 Å². The summed E-state index contributed by atoms with van der Waals surface area (Å²) in [4.78, 5) is 11.0. The van der Waals surface area contributed by atoms with Crippen LogP contribution in [0.15, 0.2) is 24.3 Å². The summed E-state index contributed by atoms with van der Waals surface area (Å²) < 4.78 is 0. The molecular formula is C11H15NO2. The lowest BCUT2D eigenvalue weighted by Gasteiger charge is -2.06. The maximum atomic E-state index is 11.0. The van der Waals surface area contributed by atoms with Crippen LogP contribution < -0.4 is 5.32 Å². The molecule has 1 aromatic rings. The van der Waals surface area contributed by atoms with Gasteiger partial charge in [0.25, 0.3) is 0 Å². The molecule has 1 atom stereocenters. The first-order chi connectivity index (χ1) is 6.63. The number of hydrogen-bond acceptors (Lipinski definition) is 2. The van der Waals surface area contributed by atoms with Crippen LogP contribution in [0.25, 0.3) is 0 Å². The molecule has 76 valence electrons. The summed E-state index contributed by atoms with van der Waals surface area (Å²) in [5.74, 6) is -0.00482. The van der Waals surface area contributed by atoms with Crippen LogP contribution in [0.3, 0.4) is 0 Å². The number of benzene rings is 1. The first-order valence-electron chi connectivity index (χ1n) is 4.71. The Morgan fingerprint density at radius 1 is 1.43 bits per heavy atom. The van der Waals surface area contributed by atoms with Crippen LogP contribution in [-0.4, -0.2) is 11.0 Å². The second-order valence-electron chi connectivity index (χ2n) is 3.20. The first kappa shape index (κ1) is 10.7. The van der Waals surface area contributed by atoms with Gasteiger partial charge < -0.3 is 10.4 Å². The van der Waals surface area contributed by atoms with Gasteiger partial charge in [-0.15, -0.1) is 0 Å². The van der Waals surface area contributed by atoms with Crippen molar-refractivity contribution in [2.45, 2.75) is 26.4 Å². The normalized spacial score (nSPS) is 12.2. The fraction of sp³-hybridized carbons (Fsp3) is 0.364. The van der Waals surface area contributed by atoms with Crippen LogP contribution >= 0.6 is 0 Å². The van der Waals surface area contributed by atoms with Gasteiger partial charge >= 0.3 is 0 Å². The first-order valence-corrected chi connectivity index (χ1v) is 4.71. The highest BCUT2D eigenvalue weighted by atomic mass is 16.3. The quantitative estimate of drug-likeness (QED) is 0.772. The number of nitrogens with one attached hydrogen (secondary N) is 1. The molecule has 0 aliphatic carbocycles. The minimum absolute atomic E-state index is 0.00482. The van der Waals surface area contributed by atoms with Gasteiger partial charge in [0.15, 0.2) is 0 Å². The highest BCUT2D eigenvalue weighted by Crippen LogP contribution is 2.15. The third kappa shape index (κ3) is 2.85. The summed E-state index contributed by atoms with van der Waals surface area (Å²) in [5, 5.41) is 12.0. The van der Waals surface area contributed by atoms with Crippen LogP contribution in [-0.2, 0) is 4.79 Å². The van der Waals surface area contributed by atoms with E-state index in [0.29, 0.717) is 6.42 Å². The summed E-state index contributed by atoms with van der Waals surface area (Å²) in [6, 6.07) is 7.18. The topological polar surface area (TPSA) is 49.3 Å². The molecule has 14 heavy (non-hydrogen) atoms. The van der Waals surface area contributed by atoms with Gasteiger partial charge in [0.2, 0.25) is 5.91 Å². The average Bonchev–Trinajstić information content (AvgIpc) is 2.18. The van der Waals surface area contributed by atoms with Crippen LogP contribution in [0.1, 0.15) is 31.9 Å². The lowest BCUT2D eigenvalue weighted by atomic mass is 10.1. The summed E-state index contributed by atoms with van der Waals surface area (Å²) in [6.45, 7) is 3.51. The molecule has 0 saturated carbocycles. The smallest absolute Gasteiger partial charge is 0.224 e. The molecule has 0 bridgehead atoms. The van der Waals surface area contributed by atoms with E-state index < -0.39 is 6.10 Å². The summed E-state index contributed by atoms with van der Waals surface area (Å²) >= 11 is 0. The third-order valence-corrected chi connectivity index (χ3v) is 2.00. The monoisotopic (exact) mass is 193 g/mol. The van der Waals surface area contributed by atoms with E-state index in [2.05, 4.69) is 5.32 Å². The zero-order chi connectivity index (χ0) is 10.6. The minimum atomic E-state index is -0.467. The van der Waals surface area contributed by atoms with Gasteiger partial charge in [-0.25, -0.2) is 0 Å². The average molecular weight is 193 g/mol. The lowest BCUT2D eigenvalue weighted by Crippen LogP contribution is -2.09. The van der Waals surface area contributed by atoms with E-state index in [1.165, 1.54) is 0 Å². The Bertz CT molecular complexity index is 304. The van der Waals surface area contributed by atoms with E-state index in [-0.39, 0.29) is 5.91 Å². The molecule has 3 heteroatoms. The summed E-state index contributed by atoms with van der Waals surface area (Å²) in [5.41, 5.74) is 1.61. The van der Waals surface area contributed by atoms with E-state index in [9.17, 15) is 9.90 Å². The van der Waals surface area contributed by atoms with Crippen LogP contribution in [0, 0.1) is 0 Å². The molecule has 0 fully saturated rings. The SMILES string of the molecule is CCC(=O)Nc1ccc([C@@H](C)O)cc1. The maximum absolute atomic E-state index is 11.0. The number of hydrogen-bond donors (Lipinski definition) is 2. The predicted molar refractivity (Wildman–Crippen MR) is 56.0 cm³/mol. The van der Waals surface area contributed by atoms with E-state index >= 15 is 0 Å². The van der Waals surface area contributed by atoms with Gasteiger partial charge in [0.1, 0.15) is 0 Å². The van der Waals surface area contributed by atoms with E-state index in [1.54, 1.807) is 38.1 Å². The Morgan fingerprint density at radius 2 is 2.00 bits per heavy atom. The number of amides is 1. The van der Waals surface area contributed by atoms with E-state index in [0.717, 1.165) is 11.3 Å². The Kier molecular flexibility index (Phi) is 3.65. The van der Waals surface area contributed by atoms with Gasteiger partial charge in [-0.05, 0) is 24.6 Å². The van der Waals surface area contributed by atoms with Crippen LogP contribution in [0.5, 0.6) is 0 Å². The Morgan fingerprint density at radius 3 is 2.43 bits per heavy atom. The van der Waals surface area contributed by atoms with Gasteiger partial charge in [-0.2, -0.15) is 0 Å². The number of rotatable bonds is 3. The Labute approximate surface area is 83.8 Å². The van der Waals surface area contributed by atoms with Gasteiger partial charge in [-0.3, -0.25) is 4.79 Å². The number of aliphatic hydroxyl groups is 1. The molecule has 0 unspecified atom stereocenters. The minimum Gasteiger partial charge on any atom is -0.389 e. The molecule has 0 aliphatic rings. The Balaban J connectivity index is 2.69. The third-order valence-electron chi connectivity index (χ3n) is 2.00. The molecule has 3 nitrogen and oxygen atoms in total. The van der Waals surface area contributed by atoms with Crippen molar-refractivity contribution >= 4 is 11.6 Å². The zero-order valence-electron chi connectivity index (χ0n) is 8.45. The van der Waals surface area contributed by atoms with Crippen molar-refractivity contribution in [2.24, 2.45) is 0 Å². The molecule has 0 aliphatic heterocycles.